The molecule has 4 atom stereocenters. The molecule has 1 aromatic carbocycles. The number of benzene rings is 1. The standard InChI is InChI=1S/C54H65N11O4/c1-33-28-61(39-10-13-60-30-36-20-44-37(18-34(36)19-42(60)23-39)31-65(51(44)67)40-6-5-11-55-26-40)14-15-62(33)41-7-8-49(57-27-41)58-46-21-38(29-59(4)52(46)68)43-9-12-56-50(45(43)32-66)64-17-16-63-47(53(64)69)22-35-24-54(2,3)25-48(35)63/h7-9,12,18,20-22,27,29,33,39-40,42,55,66H,5-6,10-11,13-17,19,23-26,28,30-32H2,1-4H3,(H,57,58)/t33-,39+,40?,42-/m0/s1. The lowest BCUT2D eigenvalue weighted by Gasteiger charge is -2.49. The molecule has 360 valence electrons. The van der Waals surface area contributed by atoms with Crippen LogP contribution in [0.25, 0.3) is 11.1 Å². The molecule has 12 rings (SSSR count). The molecule has 0 bridgehead atoms. The van der Waals surface area contributed by atoms with E-state index in [4.69, 9.17) is 4.98 Å². The first-order chi connectivity index (χ1) is 33.4. The number of nitrogens with one attached hydrogen (secondary N) is 2. The molecule has 4 aromatic heterocycles. The van der Waals surface area contributed by atoms with E-state index in [-0.39, 0.29) is 29.4 Å². The van der Waals surface area contributed by atoms with Crippen molar-refractivity contribution in [2.45, 2.75) is 116 Å². The number of anilines is 4. The lowest BCUT2D eigenvalue weighted by atomic mass is 9.84. The van der Waals surface area contributed by atoms with Gasteiger partial charge in [-0.05, 0) is 128 Å². The summed E-state index contributed by atoms with van der Waals surface area (Å²) in [4.78, 5) is 62.2. The highest BCUT2D eigenvalue weighted by Crippen LogP contribution is 2.41. The highest BCUT2D eigenvalue weighted by Gasteiger charge is 2.41. The van der Waals surface area contributed by atoms with E-state index in [9.17, 15) is 19.5 Å². The zero-order valence-corrected chi connectivity index (χ0v) is 40.5. The van der Waals surface area contributed by atoms with Gasteiger partial charge in [-0.2, -0.15) is 0 Å². The summed E-state index contributed by atoms with van der Waals surface area (Å²) < 4.78 is 3.71. The fraction of sp³-hybridized carbons (Fsp3) is 0.500. The molecular weight excluding hydrogens is 867 g/mol. The summed E-state index contributed by atoms with van der Waals surface area (Å²) in [6.07, 6.45) is 12.8. The van der Waals surface area contributed by atoms with Gasteiger partial charge in [-0.1, -0.05) is 19.9 Å². The van der Waals surface area contributed by atoms with E-state index in [2.05, 4.69) is 78.8 Å². The van der Waals surface area contributed by atoms with Crippen molar-refractivity contribution in [3.63, 3.8) is 0 Å². The minimum atomic E-state index is -0.325. The molecule has 0 saturated carbocycles. The maximum atomic E-state index is 14.0. The van der Waals surface area contributed by atoms with E-state index in [0.717, 1.165) is 102 Å². The molecule has 15 nitrogen and oxygen atoms in total. The summed E-state index contributed by atoms with van der Waals surface area (Å²) in [6.45, 7) is 15.3. The smallest absolute Gasteiger partial charge is 0.276 e. The Labute approximate surface area is 404 Å². The first kappa shape index (κ1) is 44.3. The minimum absolute atomic E-state index is 0.114. The molecule has 3 N–H and O–H groups in total. The molecule has 5 aromatic rings. The highest BCUT2D eigenvalue weighted by atomic mass is 16.3. The number of hydrogen-bond acceptors (Lipinski definition) is 11. The van der Waals surface area contributed by atoms with Crippen LogP contribution in [-0.4, -0.2) is 121 Å². The number of carbonyl (C=O) groups excluding carboxylic acids is 2. The largest absolute Gasteiger partial charge is 0.392 e. The van der Waals surface area contributed by atoms with Crippen LogP contribution in [0, 0.1) is 5.41 Å². The van der Waals surface area contributed by atoms with Gasteiger partial charge < -0.3 is 34.7 Å². The first-order valence-electron chi connectivity index (χ1n) is 25.4. The molecule has 69 heavy (non-hydrogen) atoms. The molecule has 0 spiro atoms. The number of aliphatic hydroxyl groups is 1. The van der Waals surface area contributed by atoms with Gasteiger partial charge in [0.25, 0.3) is 17.4 Å². The number of amides is 2. The number of carbonyl (C=O) groups is 2. The Morgan fingerprint density at radius 1 is 0.826 bits per heavy atom. The summed E-state index contributed by atoms with van der Waals surface area (Å²) in [7, 11) is 1.72. The Balaban J connectivity index is 0.693. The maximum absolute atomic E-state index is 14.0. The van der Waals surface area contributed by atoms with E-state index in [1.807, 2.05) is 24.4 Å². The van der Waals surface area contributed by atoms with Crippen molar-refractivity contribution in [2.24, 2.45) is 12.5 Å². The third kappa shape index (κ3) is 7.85. The second-order valence-corrected chi connectivity index (χ2v) is 21.8. The van der Waals surface area contributed by atoms with Gasteiger partial charge in [0.1, 0.15) is 23.0 Å². The molecule has 1 aliphatic carbocycles. The molecule has 10 heterocycles. The Morgan fingerprint density at radius 3 is 2.51 bits per heavy atom. The van der Waals surface area contributed by atoms with Crippen LogP contribution in [-0.2, 0) is 52.6 Å². The van der Waals surface area contributed by atoms with Crippen LogP contribution in [0.3, 0.4) is 0 Å². The normalized spacial score (nSPS) is 24.5. The number of pyridine rings is 3. The zero-order chi connectivity index (χ0) is 47.3. The summed E-state index contributed by atoms with van der Waals surface area (Å²) in [6, 6.07) is 16.0. The molecular formula is C54H65N11O4. The van der Waals surface area contributed by atoms with Gasteiger partial charge >= 0.3 is 0 Å². The molecule has 7 aliphatic rings. The van der Waals surface area contributed by atoms with Crippen LogP contribution in [0.2, 0.25) is 0 Å². The predicted octanol–water partition coefficient (Wildman–Crippen LogP) is 5.47. The van der Waals surface area contributed by atoms with E-state index < -0.39 is 0 Å². The topological polar surface area (TPSA) is 147 Å². The quantitative estimate of drug-likeness (QED) is 0.182. The lowest BCUT2D eigenvalue weighted by Crippen LogP contribution is -2.58. The van der Waals surface area contributed by atoms with Crippen molar-refractivity contribution >= 4 is 34.8 Å². The van der Waals surface area contributed by atoms with Gasteiger partial charge in [0.05, 0.1) is 18.5 Å². The average Bonchev–Trinajstić information content (AvgIpc) is 3.97. The van der Waals surface area contributed by atoms with Gasteiger partial charge in [0.2, 0.25) is 0 Å². The highest BCUT2D eigenvalue weighted by molar-refractivity contribution is 6.06. The molecule has 6 aliphatic heterocycles. The van der Waals surface area contributed by atoms with Crippen molar-refractivity contribution in [3.05, 3.63) is 116 Å². The van der Waals surface area contributed by atoms with Crippen LogP contribution >= 0.6 is 0 Å². The Hall–Kier alpha value is -5.87. The Bertz CT molecular complexity index is 2920. The number of piperazine rings is 1. The molecule has 0 radical (unpaired) electrons. The number of nitrogens with zero attached hydrogens (tertiary/aromatic N) is 9. The molecule has 1 unspecified atom stereocenters. The van der Waals surface area contributed by atoms with Gasteiger partial charge in [-0.3, -0.25) is 29.1 Å². The van der Waals surface area contributed by atoms with E-state index >= 15 is 0 Å². The number of hydrogen-bond donors (Lipinski definition) is 3. The fourth-order valence-electron chi connectivity index (χ4n) is 13.2. The Morgan fingerprint density at radius 2 is 1.71 bits per heavy atom. The first-order valence-corrected chi connectivity index (χ1v) is 25.4. The molecule has 3 fully saturated rings. The third-order valence-electron chi connectivity index (χ3n) is 16.7. The van der Waals surface area contributed by atoms with Crippen molar-refractivity contribution < 1.29 is 14.7 Å². The lowest BCUT2D eigenvalue weighted by molar-refractivity contribution is 0.0458. The van der Waals surface area contributed by atoms with Crippen LogP contribution in [0.1, 0.15) is 101 Å². The number of piperidine rings is 2. The van der Waals surface area contributed by atoms with Gasteiger partial charge in [-0.25, -0.2) is 9.97 Å². The summed E-state index contributed by atoms with van der Waals surface area (Å²) in [5.74, 6) is 1.10. The van der Waals surface area contributed by atoms with Crippen LogP contribution in [0.5, 0.6) is 0 Å². The molecule has 2 amide bonds. The van der Waals surface area contributed by atoms with E-state index in [0.29, 0.717) is 77.0 Å². The van der Waals surface area contributed by atoms with Crippen LogP contribution in [0.4, 0.5) is 23.0 Å². The van der Waals surface area contributed by atoms with Crippen molar-refractivity contribution in [1.82, 2.24) is 39.1 Å². The summed E-state index contributed by atoms with van der Waals surface area (Å²) in [5, 5.41) is 17.6. The second kappa shape index (κ2) is 17.2. The summed E-state index contributed by atoms with van der Waals surface area (Å²) >= 11 is 0. The van der Waals surface area contributed by atoms with Crippen LogP contribution < -0.4 is 26.0 Å². The van der Waals surface area contributed by atoms with Gasteiger partial charge in [-0.15, -0.1) is 0 Å². The monoisotopic (exact) mass is 932 g/mol. The van der Waals surface area contributed by atoms with E-state index in [1.165, 1.54) is 38.9 Å². The SMILES string of the molecule is C[C@H]1CN([C@@H]2CCN3Cc4cc5c(cc4C[C@H]3C2)CN(C2CCCNC2)C5=O)CCN1c1ccc(Nc2cc(-c3ccnc(N4CCn5c(cc6c5CC(C)(C)C6)C4=O)c3CO)cn(C)c2=O)nc1. The number of aromatic nitrogens is 4. The van der Waals surface area contributed by atoms with Crippen molar-refractivity contribution in [1.29, 1.82) is 0 Å². The van der Waals surface area contributed by atoms with Crippen LogP contribution in [0.15, 0.2) is 65.8 Å². The number of aliphatic hydroxyl groups excluding tert-OH is 1. The number of aryl methyl sites for hydroxylation is 1. The Kier molecular flexibility index (Phi) is 11.1. The molecule has 15 heteroatoms. The predicted molar refractivity (Wildman–Crippen MR) is 267 cm³/mol. The maximum Gasteiger partial charge on any atom is 0.276 e. The zero-order valence-electron chi connectivity index (χ0n) is 40.5. The van der Waals surface area contributed by atoms with Gasteiger partial charge in [0, 0.05) is 125 Å². The average molecular weight is 932 g/mol. The molecule has 3 saturated heterocycles. The second-order valence-electron chi connectivity index (χ2n) is 21.8. The van der Waals surface area contributed by atoms with Crippen molar-refractivity contribution in [2.75, 3.05) is 60.9 Å². The van der Waals surface area contributed by atoms with E-state index in [1.54, 1.807) is 30.4 Å². The third-order valence-corrected chi connectivity index (χ3v) is 16.7. The summed E-state index contributed by atoms with van der Waals surface area (Å²) in [5.41, 5.74) is 11.5. The number of fused-ring (bicyclic) bond motifs is 6. The van der Waals surface area contributed by atoms with Crippen molar-refractivity contribution in [3.8, 4) is 11.1 Å². The number of rotatable bonds is 8. The fourth-order valence-corrected chi connectivity index (χ4v) is 13.2. The van der Waals surface area contributed by atoms with Gasteiger partial charge in [0.15, 0.2) is 0 Å². The minimum Gasteiger partial charge on any atom is -0.392 e.